The molecule has 1 fully saturated rings. The Kier molecular flexibility index (Phi) is 4.12. The van der Waals surface area contributed by atoms with Crippen molar-refractivity contribution >= 4 is 12.0 Å². The average Bonchev–Trinajstić information content (AvgIpc) is 2.81. The molecule has 1 saturated heterocycles. The minimum Gasteiger partial charge on any atom is -0.481 e. The van der Waals surface area contributed by atoms with Crippen molar-refractivity contribution in [3.05, 3.63) is 12.2 Å². The fourth-order valence-electron chi connectivity index (χ4n) is 2.69. The number of hydrogen-bond donors (Lipinski definition) is 2. The fraction of sp³-hybridized carbons (Fsp3) is 0.714. The number of piperidine rings is 1. The normalized spacial score (nSPS) is 34.3. The van der Waals surface area contributed by atoms with Gasteiger partial charge in [-0.05, 0) is 24.7 Å². The summed E-state index contributed by atoms with van der Waals surface area (Å²) in [5, 5.41) is 11.8. The number of nitrogens with one attached hydrogen (secondary N) is 1. The molecular weight excluding hydrogens is 244 g/mol. The van der Waals surface area contributed by atoms with E-state index in [1.54, 1.807) is 12.2 Å². The molecule has 2 rings (SSSR count). The Morgan fingerprint density at radius 1 is 1.26 bits per heavy atom. The third kappa shape index (κ3) is 3.28. The lowest BCUT2D eigenvalue weighted by molar-refractivity contribution is -0.140. The molecule has 2 aliphatic rings. The molecule has 5 nitrogen and oxygen atoms in total. The summed E-state index contributed by atoms with van der Waals surface area (Å²) in [5.74, 6) is -0.115. The monoisotopic (exact) mass is 266 g/mol. The molecule has 0 aromatic rings. The molecular formula is C14H22N2O3. The predicted octanol–water partition coefficient (Wildman–Crippen LogP) is 1.70. The summed E-state index contributed by atoms with van der Waals surface area (Å²) in [7, 11) is 0. The van der Waals surface area contributed by atoms with Crippen molar-refractivity contribution in [1.29, 1.82) is 0 Å². The highest BCUT2D eigenvalue weighted by atomic mass is 16.4. The van der Waals surface area contributed by atoms with Crippen LogP contribution in [0.3, 0.4) is 0 Å². The van der Waals surface area contributed by atoms with Crippen LogP contribution in [0.4, 0.5) is 4.79 Å². The third-order valence-electron chi connectivity index (χ3n) is 4.33. The third-order valence-corrected chi connectivity index (χ3v) is 4.33. The highest BCUT2D eigenvalue weighted by Crippen LogP contribution is 2.23. The first-order valence-corrected chi connectivity index (χ1v) is 6.94. The second-order valence-corrected chi connectivity index (χ2v) is 5.81. The summed E-state index contributed by atoms with van der Waals surface area (Å²) in [5.41, 5.74) is 0. The fourth-order valence-corrected chi connectivity index (χ4v) is 2.69. The van der Waals surface area contributed by atoms with Crippen molar-refractivity contribution in [3.63, 3.8) is 0 Å². The van der Waals surface area contributed by atoms with Crippen molar-refractivity contribution in [2.75, 3.05) is 13.1 Å². The van der Waals surface area contributed by atoms with Crippen molar-refractivity contribution in [1.82, 2.24) is 10.2 Å². The molecule has 1 aliphatic heterocycles. The summed E-state index contributed by atoms with van der Waals surface area (Å²) in [6.45, 7) is 5.96. The highest BCUT2D eigenvalue weighted by Gasteiger charge is 2.29. The van der Waals surface area contributed by atoms with Crippen LogP contribution in [-0.4, -0.2) is 41.1 Å². The molecule has 0 aromatic heterocycles. The molecule has 5 heteroatoms. The van der Waals surface area contributed by atoms with Crippen molar-refractivity contribution in [2.24, 2.45) is 17.8 Å². The standard InChI is InChI=1S/C14H22N2O3/c1-9-5-6-16(8-10(9)2)14(19)15-12-4-3-11(7-12)13(17)18/h3-4,9-12H,5-8H2,1-2H3,(H,15,19)(H,17,18). The maximum atomic E-state index is 12.1. The predicted molar refractivity (Wildman–Crippen MR) is 71.7 cm³/mol. The van der Waals surface area contributed by atoms with Crippen LogP contribution < -0.4 is 5.32 Å². The van der Waals surface area contributed by atoms with Crippen LogP contribution in [0.2, 0.25) is 0 Å². The number of carbonyl (C=O) groups excluding carboxylic acids is 1. The van der Waals surface area contributed by atoms with E-state index in [-0.39, 0.29) is 12.1 Å². The van der Waals surface area contributed by atoms with Gasteiger partial charge in [0.15, 0.2) is 0 Å². The summed E-state index contributed by atoms with van der Waals surface area (Å²) < 4.78 is 0. The molecule has 2 N–H and O–H groups in total. The number of nitrogens with zero attached hydrogens (tertiary/aromatic N) is 1. The van der Waals surface area contributed by atoms with Crippen LogP contribution in [0.15, 0.2) is 12.2 Å². The van der Waals surface area contributed by atoms with E-state index in [9.17, 15) is 9.59 Å². The Bertz CT molecular complexity index is 394. The molecule has 1 heterocycles. The van der Waals surface area contributed by atoms with Gasteiger partial charge < -0.3 is 15.3 Å². The molecule has 0 spiro atoms. The number of amides is 2. The highest BCUT2D eigenvalue weighted by molar-refractivity contribution is 5.76. The van der Waals surface area contributed by atoms with Gasteiger partial charge in [0.05, 0.1) is 12.0 Å². The van der Waals surface area contributed by atoms with Crippen LogP contribution >= 0.6 is 0 Å². The maximum Gasteiger partial charge on any atom is 0.317 e. The summed E-state index contributed by atoms with van der Waals surface area (Å²) >= 11 is 0. The second kappa shape index (κ2) is 5.63. The van der Waals surface area contributed by atoms with Crippen LogP contribution in [0, 0.1) is 17.8 Å². The average molecular weight is 266 g/mol. The number of carboxylic acid groups (broad SMARTS) is 1. The van der Waals surface area contributed by atoms with Gasteiger partial charge in [0.1, 0.15) is 0 Å². The molecule has 2 amide bonds. The maximum absolute atomic E-state index is 12.1. The summed E-state index contributed by atoms with van der Waals surface area (Å²) in [4.78, 5) is 24.8. The first-order valence-electron chi connectivity index (χ1n) is 6.94. The smallest absolute Gasteiger partial charge is 0.317 e. The van der Waals surface area contributed by atoms with E-state index in [1.807, 2.05) is 4.90 Å². The van der Waals surface area contributed by atoms with Crippen LogP contribution in [0.5, 0.6) is 0 Å². The molecule has 106 valence electrons. The molecule has 0 radical (unpaired) electrons. The molecule has 1 aliphatic carbocycles. The zero-order chi connectivity index (χ0) is 14.0. The zero-order valence-electron chi connectivity index (χ0n) is 11.5. The Balaban J connectivity index is 1.82. The van der Waals surface area contributed by atoms with Gasteiger partial charge in [-0.25, -0.2) is 4.79 Å². The van der Waals surface area contributed by atoms with E-state index < -0.39 is 11.9 Å². The number of carboxylic acids is 1. The first-order chi connectivity index (χ1) is 8.97. The van der Waals surface area contributed by atoms with Gasteiger partial charge in [-0.2, -0.15) is 0 Å². The lowest BCUT2D eigenvalue weighted by atomic mass is 9.89. The molecule has 4 unspecified atom stereocenters. The van der Waals surface area contributed by atoms with E-state index in [0.29, 0.717) is 18.3 Å². The van der Waals surface area contributed by atoms with Gasteiger partial charge in [-0.1, -0.05) is 26.0 Å². The minimum absolute atomic E-state index is 0.0700. The van der Waals surface area contributed by atoms with E-state index >= 15 is 0 Å². The van der Waals surface area contributed by atoms with Gasteiger partial charge in [-0.3, -0.25) is 4.79 Å². The van der Waals surface area contributed by atoms with Crippen molar-refractivity contribution in [2.45, 2.75) is 32.7 Å². The zero-order valence-corrected chi connectivity index (χ0v) is 11.5. The van der Waals surface area contributed by atoms with Crippen molar-refractivity contribution in [3.8, 4) is 0 Å². The number of hydrogen-bond acceptors (Lipinski definition) is 2. The SMILES string of the molecule is CC1CCN(C(=O)NC2C=CC(C(=O)O)C2)CC1C. The van der Waals surface area contributed by atoms with Crippen LogP contribution in [0.25, 0.3) is 0 Å². The number of urea groups is 1. The second-order valence-electron chi connectivity index (χ2n) is 5.81. The lowest BCUT2D eigenvalue weighted by Gasteiger charge is -2.35. The van der Waals surface area contributed by atoms with Gasteiger partial charge in [0.2, 0.25) is 0 Å². The number of carbonyl (C=O) groups is 2. The molecule has 0 bridgehead atoms. The van der Waals surface area contributed by atoms with E-state index in [4.69, 9.17) is 5.11 Å². The van der Waals surface area contributed by atoms with Crippen molar-refractivity contribution < 1.29 is 14.7 Å². The Labute approximate surface area is 113 Å². The minimum atomic E-state index is -0.826. The number of rotatable bonds is 2. The Morgan fingerprint density at radius 2 is 2.00 bits per heavy atom. The largest absolute Gasteiger partial charge is 0.481 e. The lowest BCUT2D eigenvalue weighted by Crippen LogP contribution is -2.49. The Hall–Kier alpha value is -1.52. The first kappa shape index (κ1) is 13.9. The number of aliphatic carboxylic acids is 1. The van der Waals surface area contributed by atoms with Gasteiger partial charge in [0.25, 0.3) is 0 Å². The topological polar surface area (TPSA) is 69.6 Å². The Morgan fingerprint density at radius 3 is 2.58 bits per heavy atom. The molecule has 19 heavy (non-hydrogen) atoms. The molecule has 4 atom stereocenters. The molecule has 0 saturated carbocycles. The summed E-state index contributed by atoms with van der Waals surface area (Å²) in [6.07, 6.45) is 4.94. The molecule has 0 aromatic carbocycles. The van der Waals surface area contributed by atoms with Gasteiger partial charge in [0, 0.05) is 13.1 Å². The quantitative estimate of drug-likeness (QED) is 0.747. The van der Waals surface area contributed by atoms with E-state index in [1.165, 1.54) is 0 Å². The van der Waals surface area contributed by atoms with E-state index in [2.05, 4.69) is 19.2 Å². The van der Waals surface area contributed by atoms with Crippen LogP contribution in [0.1, 0.15) is 26.7 Å². The van der Waals surface area contributed by atoms with Gasteiger partial charge >= 0.3 is 12.0 Å². The van der Waals surface area contributed by atoms with Crippen LogP contribution in [-0.2, 0) is 4.79 Å². The number of likely N-dealkylation sites (tertiary alicyclic amines) is 1. The van der Waals surface area contributed by atoms with E-state index in [0.717, 1.165) is 19.5 Å². The van der Waals surface area contributed by atoms with Gasteiger partial charge in [-0.15, -0.1) is 0 Å². The summed E-state index contributed by atoms with van der Waals surface area (Å²) in [6, 6.07) is -0.220.